The van der Waals surface area contributed by atoms with Gasteiger partial charge in [-0.15, -0.1) is 0 Å². The molecule has 72 valence electrons. The Morgan fingerprint density at radius 1 is 1.50 bits per heavy atom. The van der Waals surface area contributed by atoms with Crippen molar-refractivity contribution in [2.45, 2.75) is 20.8 Å². The highest BCUT2D eigenvalue weighted by Crippen LogP contribution is 2.05. The molecule has 1 rings (SSSR count). The van der Waals surface area contributed by atoms with Gasteiger partial charge in [-0.3, -0.25) is 4.79 Å². The average molecular weight is 189 g/mol. The number of nitrogens with two attached hydrogens (primary N) is 1. The fourth-order valence-electron chi connectivity index (χ4n) is 0.465. The molecule has 1 aromatic rings. The third-order valence-corrected chi connectivity index (χ3v) is 1.61. The van der Waals surface area contributed by atoms with Crippen molar-refractivity contribution in [3.63, 3.8) is 0 Å². The molecule has 0 bridgehead atoms. The van der Waals surface area contributed by atoms with Gasteiger partial charge >= 0.3 is 0 Å². The summed E-state index contributed by atoms with van der Waals surface area (Å²) in [5.74, 6) is 0.145. The summed E-state index contributed by atoms with van der Waals surface area (Å²) in [7, 11) is 1.50. The van der Waals surface area contributed by atoms with Crippen molar-refractivity contribution in [1.82, 2.24) is 0 Å². The Morgan fingerprint density at radius 2 is 2.00 bits per heavy atom. The van der Waals surface area contributed by atoms with E-state index in [2.05, 4.69) is 5.73 Å². The SMILES string of the molecule is CC.CC(=O)c1ccsc1.CN.[HH]. The Morgan fingerprint density at radius 3 is 2.17 bits per heavy atom. The number of rotatable bonds is 1. The highest BCUT2D eigenvalue weighted by atomic mass is 32.1. The molecule has 3 heteroatoms. The monoisotopic (exact) mass is 189 g/mol. The number of thiophene rings is 1. The van der Waals surface area contributed by atoms with Crippen molar-refractivity contribution in [1.29, 1.82) is 0 Å². The molecule has 0 saturated heterocycles. The van der Waals surface area contributed by atoms with E-state index in [0.717, 1.165) is 5.56 Å². The molecular formula is C9H19NOS. The molecule has 0 spiro atoms. The van der Waals surface area contributed by atoms with Crippen molar-refractivity contribution in [2.75, 3.05) is 7.05 Å². The zero-order valence-electron chi connectivity index (χ0n) is 8.13. The zero-order valence-corrected chi connectivity index (χ0v) is 8.94. The molecule has 0 saturated carbocycles. The van der Waals surface area contributed by atoms with Crippen molar-refractivity contribution in [3.05, 3.63) is 22.4 Å². The molecule has 0 atom stereocenters. The van der Waals surface area contributed by atoms with Gasteiger partial charge in [0.1, 0.15) is 0 Å². The molecule has 0 amide bonds. The Labute approximate surface area is 79.9 Å². The third kappa shape index (κ3) is 6.07. The van der Waals surface area contributed by atoms with Gasteiger partial charge in [-0.05, 0) is 25.4 Å². The minimum absolute atomic E-state index is 0. The molecule has 1 aromatic heterocycles. The summed E-state index contributed by atoms with van der Waals surface area (Å²) in [4.78, 5) is 10.5. The van der Waals surface area contributed by atoms with E-state index in [1.807, 2.05) is 30.7 Å². The maximum atomic E-state index is 10.5. The summed E-state index contributed by atoms with van der Waals surface area (Å²) in [6.07, 6.45) is 0. The molecule has 2 nitrogen and oxygen atoms in total. The van der Waals surface area contributed by atoms with Crippen molar-refractivity contribution >= 4 is 17.1 Å². The van der Waals surface area contributed by atoms with Crippen molar-refractivity contribution in [2.24, 2.45) is 5.73 Å². The van der Waals surface area contributed by atoms with Gasteiger partial charge in [0.15, 0.2) is 5.78 Å². The van der Waals surface area contributed by atoms with E-state index in [0.29, 0.717) is 0 Å². The van der Waals surface area contributed by atoms with Gasteiger partial charge in [0, 0.05) is 12.4 Å². The molecular weight excluding hydrogens is 170 g/mol. The lowest BCUT2D eigenvalue weighted by Crippen LogP contribution is -1.85. The van der Waals surface area contributed by atoms with Gasteiger partial charge in [0.2, 0.25) is 0 Å². The summed E-state index contributed by atoms with van der Waals surface area (Å²) in [5.41, 5.74) is 5.31. The van der Waals surface area contributed by atoms with E-state index in [1.54, 1.807) is 18.3 Å². The van der Waals surface area contributed by atoms with Gasteiger partial charge in [0.25, 0.3) is 0 Å². The molecule has 0 aliphatic heterocycles. The molecule has 0 fully saturated rings. The molecule has 0 radical (unpaired) electrons. The number of Topliss-reactive ketones (excluding diaryl/α,β-unsaturated/α-hetero) is 1. The van der Waals surface area contributed by atoms with Crippen LogP contribution in [0.1, 0.15) is 32.6 Å². The van der Waals surface area contributed by atoms with Crippen LogP contribution < -0.4 is 5.73 Å². The first-order valence-electron chi connectivity index (χ1n) is 3.91. The van der Waals surface area contributed by atoms with Crippen molar-refractivity contribution < 1.29 is 6.22 Å². The lowest BCUT2D eigenvalue weighted by atomic mass is 10.2. The first-order valence-corrected chi connectivity index (χ1v) is 4.86. The number of ketones is 1. The number of hydrogen-bond donors (Lipinski definition) is 1. The average Bonchev–Trinajstić information content (AvgIpc) is 2.64. The van der Waals surface area contributed by atoms with Crippen LogP contribution in [0.15, 0.2) is 16.8 Å². The van der Waals surface area contributed by atoms with Gasteiger partial charge in [-0.1, -0.05) is 13.8 Å². The minimum atomic E-state index is 0. The maximum absolute atomic E-state index is 10.5. The van der Waals surface area contributed by atoms with E-state index in [9.17, 15) is 4.79 Å². The van der Waals surface area contributed by atoms with Crippen LogP contribution >= 0.6 is 11.3 Å². The Kier molecular flexibility index (Phi) is 12.0. The van der Waals surface area contributed by atoms with Crippen LogP contribution in [0.2, 0.25) is 0 Å². The van der Waals surface area contributed by atoms with Crippen LogP contribution in [0.4, 0.5) is 0 Å². The fourth-order valence-corrected chi connectivity index (χ4v) is 1.16. The highest BCUT2D eigenvalue weighted by Gasteiger charge is 1.94. The van der Waals surface area contributed by atoms with E-state index in [4.69, 9.17) is 0 Å². The Hall–Kier alpha value is -0.670. The van der Waals surface area contributed by atoms with E-state index < -0.39 is 0 Å². The van der Waals surface area contributed by atoms with Gasteiger partial charge in [0.05, 0.1) is 0 Å². The van der Waals surface area contributed by atoms with Crippen molar-refractivity contribution in [3.8, 4) is 0 Å². The van der Waals surface area contributed by atoms with Crippen LogP contribution in [-0.4, -0.2) is 12.8 Å². The minimum Gasteiger partial charge on any atom is -0.333 e. The van der Waals surface area contributed by atoms with Gasteiger partial charge in [-0.25, -0.2) is 0 Å². The van der Waals surface area contributed by atoms with E-state index in [-0.39, 0.29) is 7.21 Å². The molecule has 0 unspecified atom stereocenters. The molecule has 1 heterocycles. The topological polar surface area (TPSA) is 43.1 Å². The third-order valence-electron chi connectivity index (χ3n) is 0.928. The molecule has 0 aromatic carbocycles. The second kappa shape index (κ2) is 10.3. The fraction of sp³-hybridized carbons (Fsp3) is 0.444. The van der Waals surface area contributed by atoms with E-state index >= 15 is 0 Å². The van der Waals surface area contributed by atoms with Gasteiger partial charge < -0.3 is 5.73 Å². The normalized spacial score (nSPS) is 7.08. The Bertz CT molecular complexity index is 188. The molecule has 12 heavy (non-hydrogen) atoms. The van der Waals surface area contributed by atoms with Gasteiger partial charge in [-0.2, -0.15) is 11.3 Å². The zero-order chi connectivity index (χ0) is 9.98. The standard InChI is InChI=1S/C6H6OS.C2H6.CH5N.H2/c1-5(7)6-2-3-8-4-6;2*1-2;/h2-4H,1H3;1-2H3;2H2,1H3;1H. The van der Waals surface area contributed by atoms with Crippen LogP contribution in [0.3, 0.4) is 0 Å². The smallest absolute Gasteiger partial charge is 0.160 e. The Balaban J connectivity index is -0.000000178. The molecule has 0 aliphatic rings. The number of carbonyl (C=O) groups excluding carboxylic acids is 1. The lowest BCUT2D eigenvalue weighted by Gasteiger charge is -1.79. The van der Waals surface area contributed by atoms with Crippen LogP contribution in [0, 0.1) is 0 Å². The highest BCUT2D eigenvalue weighted by molar-refractivity contribution is 7.08. The van der Waals surface area contributed by atoms with Crippen LogP contribution in [-0.2, 0) is 0 Å². The predicted octanol–water partition coefficient (Wildman–Crippen LogP) is 2.80. The second-order valence-electron chi connectivity index (χ2n) is 1.57. The summed E-state index contributed by atoms with van der Waals surface area (Å²) >= 11 is 1.55. The number of hydrogen-bond acceptors (Lipinski definition) is 3. The molecule has 0 aliphatic carbocycles. The summed E-state index contributed by atoms with van der Waals surface area (Å²) in [6.45, 7) is 5.57. The summed E-state index contributed by atoms with van der Waals surface area (Å²) < 4.78 is 0. The summed E-state index contributed by atoms with van der Waals surface area (Å²) in [5, 5.41) is 3.75. The predicted molar refractivity (Wildman–Crippen MR) is 57.9 cm³/mol. The summed E-state index contributed by atoms with van der Waals surface area (Å²) in [6, 6.07) is 1.83. The first kappa shape index (κ1) is 13.9. The quantitative estimate of drug-likeness (QED) is 0.690. The van der Waals surface area contributed by atoms with Crippen LogP contribution in [0.5, 0.6) is 0 Å². The number of carbonyl (C=O) groups is 1. The largest absolute Gasteiger partial charge is 0.333 e. The second-order valence-corrected chi connectivity index (χ2v) is 2.35. The molecule has 2 N–H and O–H groups in total. The first-order chi connectivity index (χ1) is 5.80. The maximum Gasteiger partial charge on any atom is 0.160 e. The lowest BCUT2D eigenvalue weighted by molar-refractivity contribution is 0.101. The van der Waals surface area contributed by atoms with E-state index in [1.165, 1.54) is 7.05 Å². The van der Waals surface area contributed by atoms with Crippen LogP contribution in [0.25, 0.3) is 0 Å².